The van der Waals surface area contributed by atoms with Crippen LogP contribution in [0.3, 0.4) is 0 Å². The molecule has 0 aromatic heterocycles. The fourth-order valence-electron chi connectivity index (χ4n) is 2.40. The SMILES string of the molecule is O=C(/C=C\c1ccc2c(c1)OCO2)NCCCc1ccccc1. The van der Waals surface area contributed by atoms with Gasteiger partial charge in [-0.25, -0.2) is 0 Å². The molecule has 0 unspecified atom stereocenters. The number of hydrogen-bond acceptors (Lipinski definition) is 3. The van der Waals surface area contributed by atoms with Crippen LogP contribution in [0.15, 0.2) is 54.6 Å². The third kappa shape index (κ3) is 4.36. The molecule has 0 saturated carbocycles. The molecular weight excluding hydrogens is 290 g/mol. The molecule has 4 nitrogen and oxygen atoms in total. The summed E-state index contributed by atoms with van der Waals surface area (Å²) in [6.45, 7) is 0.920. The number of carbonyl (C=O) groups is 1. The van der Waals surface area contributed by atoms with E-state index >= 15 is 0 Å². The third-order valence-corrected chi connectivity index (χ3v) is 3.61. The van der Waals surface area contributed by atoms with E-state index in [2.05, 4.69) is 17.4 Å². The Balaban J connectivity index is 1.42. The third-order valence-electron chi connectivity index (χ3n) is 3.61. The Morgan fingerprint density at radius 1 is 1.09 bits per heavy atom. The monoisotopic (exact) mass is 309 g/mol. The number of ether oxygens (including phenoxy) is 2. The maximum absolute atomic E-state index is 11.8. The summed E-state index contributed by atoms with van der Waals surface area (Å²) in [4.78, 5) is 11.8. The first-order valence-electron chi connectivity index (χ1n) is 7.71. The van der Waals surface area contributed by atoms with E-state index in [4.69, 9.17) is 9.47 Å². The minimum absolute atomic E-state index is 0.0873. The van der Waals surface area contributed by atoms with Gasteiger partial charge >= 0.3 is 0 Å². The number of fused-ring (bicyclic) bond motifs is 1. The van der Waals surface area contributed by atoms with Crippen LogP contribution in [-0.4, -0.2) is 19.2 Å². The largest absolute Gasteiger partial charge is 0.454 e. The minimum atomic E-state index is -0.0873. The predicted molar refractivity (Wildman–Crippen MR) is 89.4 cm³/mol. The van der Waals surface area contributed by atoms with Crippen LogP contribution in [0.2, 0.25) is 0 Å². The molecular formula is C19H19NO3. The maximum Gasteiger partial charge on any atom is 0.243 e. The molecule has 1 aliphatic rings. The normalized spacial score (nSPS) is 12.5. The summed E-state index contributed by atoms with van der Waals surface area (Å²) >= 11 is 0. The van der Waals surface area contributed by atoms with E-state index in [1.165, 1.54) is 5.56 Å². The van der Waals surface area contributed by atoms with Crippen LogP contribution >= 0.6 is 0 Å². The lowest BCUT2D eigenvalue weighted by atomic mass is 10.1. The van der Waals surface area contributed by atoms with Crippen molar-refractivity contribution in [3.05, 3.63) is 65.7 Å². The fraction of sp³-hybridized carbons (Fsp3) is 0.211. The summed E-state index contributed by atoms with van der Waals surface area (Å²) < 4.78 is 10.6. The second-order valence-corrected chi connectivity index (χ2v) is 5.33. The standard InChI is InChI=1S/C19H19NO3/c21-19(20-12-4-7-15-5-2-1-3-6-15)11-9-16-8-10-17-18(13-16)23-14-22-17/h1-3,5-6,8-11,13H,4,7,12,14H2,(H,20,21)/b11-9-. The van der Waals surface area contributed by atoms with Crippen molar-refractivity contribution in [2.45, 2.75) is 12.8 Å². The van der Waals surface area contributed by atoms with Crippen molar-refractivity contribution in [2.75, 3.05) is 13.3 Å². The molecule has 0 aliphatic carbocycles. The second kappa shape index (κ2) is 7.49. The Kier molecular flexibility index (Phi) is 4.94. The van der Waals surface area contributed by atoms with Gasteiger partial charge in [0.2, 0.25) is 12.7 Å². The molecule has 0 saturated heterocycles. The van der Waals surface area contributed by atoms with Crippen molar-refractivity contribution in [3.63, 3.8) is 0 Å². The average molecular weight is 309 g/mol. The van der Waals surface area contributed by atoms with Gasteiger partial charge in [-0.15, -0.1) is 0 Å². The van der Waals surface area contributed by atoms with Gasteiger partial charge in [-0.1, -0.05) is 36.4 Å². The van der Waals surface area contributed by atoms with E-state index in [1.54, 1.807) is 12.2 Å². The highest BCUT2D eigenvalue weighted by atomic mass is 16.7. The van der Waals surface area contributed by atoms with Gasteiger partial charge in [-0.2, -0.15) is 0 Å². The molecule has 2 aromatic carbocycles. The van der Waals surface area contributed by atoms with Crippen LogP contribution in [0.25, 0.3) is 6.08 Å². The highest BCUT2D eigenvalue weighted by Gasteiger charge is 2.12. The number of aryl methyl sites for hydroxylation is 1. The molecule has 1 N–H and O–H groups in total. The molecule has 2 aromatic rings. The van der Waals surface area contributed by atoms with Crippen molar-refractivity contribution < 1.29 is 14.3 Å². The zero-order valence-corrected chi connectivity index (χ0v) is 12.8. The van der Waals surface area contributed by atoms with Crippen molar-refractivity contribution in [2.24, 2.45) is 0 Å². The van der Waals surface area contributed by atoms with Gasteiger partial charge in [0.15, 0.2) is 11.5 Å². The van der Waals surface area contributed by atoms with Crippen LogP contribution < -0.4 is 14.8 Å². The van der Waals surface area contributed by atoms with Crippen LogP contribution in [0.4, 0.5) is 0 Å². The van der Waals surface area contributed by atoms with Gasteiger partial charge in [-0.05, 0) is 42.2 Å². The summed E-state index contributed by atoms with van der Waals surface area (Å²) in [7, 11) is 0. The van der Waals surface area contributed by atoms with E-state index in [-0.39, 0.29) is 12.7 Å². The molecule has 1 amide bonds. The molecule has 0 bridgehead atoms. The summed E-state index contributed by atoms with van der Waals surface area (Å²) in [6.07, 6.45) is 5.20. The van der Waals surface area contributed by atoms with Gasteiger partial charge < -0.3 is 14.8 Å². The van der Waals surface area contributed by atoms with Crippen LogP contribution in [0.1, 0.15) is 17.5 Å². The van der Waals surface area contributed by atoms with Gasteiger partial charge in [0.05, 0.1) is 0 Å². The summed E-state index contributed by atoms with van der Waals surface area (Å²) in [6, 6.07) is 15.9. The molecule has 1 aliphatic heterocycles. The first-order valence-corrected chi connectivity index (χ1v) is 7.71. The van der Waals surface area contributed by atoms with Crippen LogP contribution in [0, 0.1) is 0 Å². The van der Waals surface area contributed by atoms with Gasteiger partial charge in [-0.3, -0.25) is 4.79 Å². The summed E-state index contributed by atoms with van der Waals surface area (Å²) in [5.74, 6) is 1.37. The molecule has 0 spiro atoms. The first kappa shape index (κ1) is 15.2. The average Bonchev–Trinajstić information content (AvgIpc) is 3.05. The molecule has 4 heteroatoms. The molecule has 118 valence electrons. The maximum atomic E-state index is 11.8. The fourth-order valence-corrected chi connectivity index (χ4v) is 2.40. The first-order chi connectivity index (χ1) is 11.3. The van der Waals surface area contributed by atoms with E-state index < -0.39 is 0 Å². The Morgan fingerprint density at radius 3 is 2.78 bits per heavy atom. The van der Waals surface area contributed by atoms with E-state index in [1.807, 2.05) is 36.4 Å². The van der Waals surface area contributed by atoms with E-state index in [0.717, 1.165) is 29.9 Å². The number of amides is 1. The van der Waals surface area contributed by atoms with Crippen molar-refractivity contribution in [3.8, 4) is 11.5 Å². The zero-order chi connectivity index (χ0) is 15.9. The van der Waals surface area contributed by atoms with Crippen LogP contribution in [0.5, 0.6) is 11.5 Å². The van der Waals surface area contributed by atoms with Gasteiger partial charge in [0.1, 0.15) is 0 Å². The van der Waals surface area contributed by atoms with E-state index in [9.17, 15) is 4.79 Å². The topological polar surface area (TPSA) is 47.6 Å². The zero-order valence-electron chi connectivity index (χ0n) is 12.8. The number of rotatable bonds is 6. The van der Waals surface area contributed by atoms with Crippen molar-refractivity contribution >= 4 is 12.0 Å². The number of hydrogen-bond donors (Lipinski definition) is 1. The Bertz CT molecular complexity index is 695. The smallest absolute Gasteiger partial charge is 0.243 e. The molecule has 0 radical (unpaired) electrons. The lowest BCUT2D eigenvalue weighted by Gasteiger charge is -2.03. The molecule has 23 heavy (non-hydrogen) atoms. The van der Waals surface area contributed by atoms with Gasteiger partial charge in [0, 0.05) is 12.6 Å². The summed E-state index contributed by atoms with van der Waals surface area (Å²) in [5.41, 5.74) is 2.20. The molecule has 3 rings (SSSR count). The highest BCUT2D eigenvalue weighted by Crippen LogP contribution is 2.32. The van der Waals surface area contributed by atoms with E-state index in [0.29, 0.717) is 6.54 Å². The Hall–Kier alpha value is -2.75. The summed E-state index contributed by atoms with van der Waals surface area (Å²) in [5, 5.41) is 2.89. The van der Waals surface area contributed by atoms with Crippen LogP contribution in [-0.2, 0) is 11.2 Å². The molecule has 0 atom stereocenters. The highest BCUT2D eigenvalue weighted by molar-refractivity contribution is 5.91. The Labute approximate surface area is 135 Å². The molecule has 1 heterocycles. The van der Waals surface area contributed by atoms with Crippen molar-refractivity contribution in [1.82, 2.24) is 5.32 Å². The lowest BCUT2D eigenvalue weighted by Crippen LogP contribution is -2.22. The molecule has 0 fully saturated rings. The minimum Gasteiger partial charge on any atom is -0.454 e. The number of benzene rings is 2. The number of carbonyl (C=O) groups excluding carboxylic acids is 1. The number of nitrogens with one attached hydrogen (secondary N) is 1. The predicted octanol–water partition coefficient (Wildman–Crippen LogP) is 3.18. The van der Waals surface area contributed by atoms with Crippen molar-refractivity contribution in [1.29, 1.82) is 0 Å². The second-order valence-electron chi connectivity index (χ2n) is 5.33. The van der Waals surface area contributed by atoms with Gasteiger partial charge in [0.25, 0.3) is 0 Å². The lowest BCUT2D eigenvalue weighted by molar-refractivity contribution is -0.116. The Morgan fingerprint density at radius 2 is 1.91 bits per heavy atom. The quantitative estimate of drug-likeness (QED) is 0.658.